The fourth-order valence-electron chi connectivity index (χ4n) is 4.00. The van der Waals surface area contributed by atoms with E-state index >= 15 is 0 Å². The van der Waals surface area contributed by atoms with Crippen LogP contribution in [-0.4, -0.2) is 49.4 Å². The molecule has 1 saturated heterocycles. The molecule has 6 nitrogen and oxygen atoms in total. The van der Waals surface area contributed by atoms with E-state index in [4.69, 9.17) is 0 Å². The average molecular weight is 443 g/mol. The number of benzene rings is 3. The molecule has 3 aromatic carbocycles. The molecule has 0 spiro atoms. The Labute approximate surface area is 195 Å². The molecule has 170 valence electrons. The monoisotopic (exact) mass is 442 g/mol. The molecule has 0 saturated carbocycles. The Morgan fingerprint density at radius 2 is 1.42 bits per heavy atom. The summed E-state index contributed by atoms with van der Waals surface area (Å²) in [6.07, 6.45) is 0. The normalized spacial score (nSPS) is 14.1. The minimum Gasteiger partial charge on any atom is -0.369 e. The van der Waals surface area contributed by atoms with Gasteiger partial charge < -0.3 is 20.4 Å². The maximum atomic E-state index is 12.8. The first kappa shape index (κ1) is 22.6. The molecule has 2 N–H and O–H groups in total. The van der Waals surface area contributed by atoms with Gasteiger partial charge in [-0.2, -0.15) is 0 Å². The Hall–Kier alpha value is -3.64. The number of likely N-dealkylation sites (N-methyl/N-ethyl adjacent to an activating group) is 1. The van der Waals surface area contributed by atoms with Crippen LogP contribution in [0.3, 0.4) is 0 Å². The number of rotatable bonds is 6. The number of aryl methyl sites for hydroxylation is 1. The van der Waals surface area contributed by atoms with Crippen molar-refractivity contribution in [3.63, 3.8) is 0 Å². The van der Waals surface area contributed by atoms with E-state index in [9.17, 15) is 9.59 Å². The molecule has 1 aliphatic rings. The van der Waals surface area contributed by atoms with Gasteiger partial charge in [0.2, 0.25) is 0 Å². The predicted molar refractivity (Wildman–Crippen MR) is 134 cm³/mol. The highest BCUT2D eigenvalue weighted by molar-refractivity contribution is 6.06. The highest BCUT2D eigenvalue weighted by atomic mass is 16.2. The second kappa shape index (κ2) is 10.3. The van der Waals surface area contributed by atoms with Crippen LogP contribution in [0.2, 0.25) is 0 Å². The van der Waals surface area contributed by atoms with Crippen molar-refractivity contribution in [2.75, 3.05) is 48.3 Å². The van der Waals surface area contributed by atoms with Gasteiger partial charge >= 0.3 is 0 Å². The van der Waals surface area contributed by atoms with E-state index in [1.807, 2.05) is 31.2 Å². The molecule has 1 fully saturated rings. The van der Waals surface area contributed by atoms with Crippen LogP contribution in [0.25, 0.3) is 0 Å². The van der Waals surface area contributed by atoms with Crippen LogP contribution < -0.4 is 15.5 Å². The Morgan fingerprint density at radius 3 is 2.06 bits per heavy atom. The second-order valence-electron chi connectivity index (χ2n) is 8.27. The van der Waals surface area contributed by atoms with Gasteiger partial charge in [0.25, 0.3) is 11.8 Å². The Morgan fingerprint density at radius 1 is 0.788 bits per heavy atom. The van der Waals surface area contributed by atoms with Crippen molar-refractivity contribution in [2.45, 2.75) is 13.8 Å². The smallest absolute Gasteiger partial charge is 0.255 e. The maximum Gasteiger partial charge on any atom is 0.255 e. The maximum absolute atomic E-state index is 12.8. The molecule has 3 aromatic rings. The zero-order valence-electron chi connectivity index (χ0n) is 19.2. The van der Waals surface area contributed by atoms with Crippen molar-refractivity contribution in [2.24, 2.45) is 0 Å². The molecular formula is C27H30N4O2. The number of piperazine rings is 1. The van der Waals surface area contributed by atoms with Crippen LogP contribution >= 0.6 is 0 Å². The van der Waals surface area contributed by atoms with Gasteiger partial charge in [0.15, 0.2) is 0 Å². The van der Waals surface area contributed by atoms with Crippen LogP contribution in [0.15, 0.2) is 72.8 Å². The van der Waals surface area contributed by atoms with E-state index in [2.05, 4.69) is 39.5 Å². The highest BCUT2D eigenvalue weighted by Gasteiger charge is 2.17. The van der Waals surface area contributed by atoms with Crippen LogP contribution in [0, 0.1) is 6.92 Å². The molecule has 33 heavy (non-hydrogen) atoms. The third-order valence-electron chi connectivity index (χ3n) is 6.08. The molecule has 0 aromatic heterocycles. The molecule has 6 heteroatoms. The Kier molecular flexibility index (Phi) is 7.05. The summed E-state index contributed by atoms with van der Waals surface area (Å²) in [6.45, 7) is 9.51. The van der Waals surface area contributed by atoms with Gasteiger partial charge in [-0.05, 0) is 73.6 Å². The molecule has 2 amide bonds. The fourth-order valence-corrected chi connectivity index (χ4v) is 4.00. The van der Waals surface area contributed by atoms with Crippen LogP contribution in [0.5, 0.6) is 0 Å². The largest absolute Gasteiger partial charge is 0.369 e. The standard InChI is InChI=1S/C27H30N4O2/c1-3-30-15-17-31(18-16-30)24-13-14-25(20(2)19-24)29-27(33)22-9-11-23(12-10-22)28-26(32)21-7-5-4-6-8-21/h4-14,19H,3,15-18H2,1-2H3,(H,28,32)(H,29,33). The summed E-state index contributed by atoms with van der Waals surface area (Å²) < 4.78 is 0. The molecule has 0 unspecified atom stereocenters. The van der Waals surface area contributed by atoms with Crippen molar-refractivity contribution in [3.8, 4) is 0 Å². The summed E-state index contributed by atoms with van der Waals surface area (Å²) in [6, 6.07) is 22.1. The number of nitrogens with one attached hydrogen (secondary N) is 2. The van der Waals surface area contributed by atoms with Crippen LogP contribution in [0.1, 0.15) is 33.2 Å². The van der Waals surface area contributed by atoms with Gasteiger partial charge in [0.1, 0.15) is 0 Å². The lowest BCUT2D eigenvalue weighted by atomic mass is 10.1. The topological polar surface area (TPSA) is 64.7 Å². The van der Waals surface area contributed by atoms with Gasteiger partial charge in [-0.15, -0.1) is 0 Å². The number of amides is 2. The van der Waals surface area contributed by atoms with Gasteiger partial charge in [0, 0.05) is 54.4 Å². The van der Waals surface area contributed by atoms with Gasteiger partial charge in [-0.25, -0.2) is 0 Å². The molecule has 0 aliphatic carbocycles. The summed E-state index contributed by atoms with van der Waals surface area (Å²) >= 11 is 0. The summed E-state index contributed by atoms with van der Waals surface area (Å²) in [5.74, 6) is -0.358. The van der Waals surface area contributed by atoms with E-state index in [0.29, 0.717) is 16.8 Å². The number of hydrogen-bond acceptors (Lipinski definition) is 4. The zero-order chi connectivity index (χ0) is 23.2. The fraction of sp³-hybridized carbons (Fsp3) is 0.259. The SMILES string of the molecule is CCN1CCN(c2ccc(NC(=O)c3ccc(NC(=O)c4ccccc4)cc3)c(C)c2)CC1. The van der Waals surface area contributed by atoms with Gasteiger partial charge in [-0.3, -0.25) is 9.59 Å². The van der Waals surface area contributed by atoms with Crippen molar-refractivity contribution in [1.82, 2.24) is 4.90 Å². The number of hydrogen-bond donors (Lipinski definition) is 2. The van der Waals surface area contributed by atoms with E-state index in [0.717, 1.165) is 44.0 Å². The van der Waals surface area contributed by atoms with Gasteiger partial charge in [0.05, 0.1) is 0 Å². The first-order chi connectivity index (χ1) is 16.0. The Balaban J connectivity index is 1.36. The molecule has 0 bridgehead atoms. The highest BCUT2D eigenvalue weighted by Crippen LogP contribution is 2.24. The zero-order valence-corrected chi connectivity index (χ0v) is 19.2. The Bertz CT molecular complexity index is 1100. The van der Waals surface area contributed by atoms with Crippen LogP contribution in [0.4, 0.5) is 17.1 Å². The molecular weight excluding hydrogens is 412 g/mol. The molecule has 0 radical (unpaired) electrons. The van der Waals surface area contributed by atoms with Crippen LogP contribution in [-0.2, 0) is 0 Å². The lowest BCUT2D eigenvalue weighted by Crippen LogP contribution is -2.46. The van der Waals surface area contributed by atoms with E-state index < -0.39 is 0 Å². The van der Waals surface area contributed by atoms with Crippen molar-refractivity contribution in [1.29, 1.82) is 0 Å². The third-order valence-corrected chi connectivity index (χ3v) is 6.08. The number of carbonyl (C=O) groups excluding carboxylic acids is 2. The minimum absolute atomic E-state index is 0.177. The average Bonchev–Trinajstić information content (AvgIpc) is 2.86. The number of carbonyl (C=O) groups is 2. The van der Waals surface area contributed by atoms with Crippen molar-refractivity contribution < 1.29 is 9.59 Å². The molecule has 1 heterocycles. The molecule has 0 atom stereocenters. The number of anilines is 3. The second-order valence-corrected chi connectivity index (χ2v) is 8.27. The first-order valence-corrected chi connectivity index (χ1v) is 11.4. The lowest BCUT2D eigenvalue weighted by Gasteiger charge is -2.35. The molecule has 1 aliphatic heterocycles. The summed E-state index contributed by atoms with van der Waals surface area (Å²) in [5.41, 5.74) is 4.80. The summed E-state index contributed by atoms with van der Waals surface area (Å²) in [4.78, 5) is 29.9. The quantitative estimate of drug-likeness (QED) is 0.584. The number of nitrogens with zero attached hydrogens (tertiary/aromatic N) is 2. The summed E-state index contributed by atoms with van der Waals surface area (Å²) in [7, 11) is 0. The minimum atomic E-state index is -0.181. The summed E-state index contributed by atoms with van der Waals surface area (Å²) in [5, 5.41) is 5.85. The third kappa shape index (κ3) is 5.59. The van der Waals surface area contributed by atoms with E-state index in [-0.39, 0.29) is 11.8 Å². The molecule has 4 rings (SSSR count). The van der Waals surface area contributed by atoms with Crippen molar-refractivity contribution >= 4 is 28.9 Å². The van der Waals surface area contributed by atoms with E-state index in [1.54, 1.807) is 36.4 Å². The predicted octanol–water partition coefficient (Wildman–Crippen LogP) is 4.64. The van der Waals surface area contributed by atoms with E-state index in [1.165, 1.54) is 5.69 Å². The van der Waals surface area contributed by atoms with Crippen molar-refractivity contribution in [3.05, 3.63) is 89.5 Å². The van der Waals surface area contributed by atoms with Gasteiger partial charge in [-0.1, -0.05) is 25.1 Å². The lowest BCUT2D eigenvalue weighted by molar-refractivity contribution is 0.102. The first-order valence-electron chi connectivity index (χ1n) is 11.4.